The average Bonchev–Trinajstić information content (AvgIpc) is 3.38. The number of hydrogen-bond donors (Lipinski definition) is 1. The van der Waals surface area contributed by atoms with E-state index in [4.69, 9.17) is 4.98 Å². The van der Waals surface area contributed by atoms with Gasteiger partial charge >= 0.3 is 6.03 Å². The molecule has 2 aliphatic heterocycles. The highest BCUT2D eigenvalue weighted by Crippen LogP contribution is 2.40. The van der Waals surface area contributed by atoms with Gasteiger partial charge in [0.15, 0.2) is 0 Å². The lowest BCUT2D eigenvalue weighted by molar-refractivity contribution is -0.135. The molecule has 1 saturated carbocycles. The van der Waals surface area contributed by atoms with Crippen LogP contribution in [0.5, 0.6) is 0 Å². The summed E-state index contributed by atoms with van der Waals surface area (Å²) in [5.74, 6) is 0.168. The van der Waals surface area contributed by atoms with Crippen molar-refractivity contribution in [2.24, 2.45) is 5.92 Å². The number of thiazole rings is 1. The van der Waals surface area contributed by atoms with Crippen molar-refractivity contribution in [3.8, 4) is 0 Å². The first-order valence-electron chi connectivity index (χ1n) is 10.3. The molecule has 5 rings (SSSR count). The van der Waals surface area contributed by atoms with Crippen LogP contribution in [0.3, 0.4) is 0 Å². The van der Waals surface area contributed by atoms with E-state index in [-0.39, 0.29) is 23.9 Å². The molecule has 28 heavy (non-hydrogen) atoms. The van der Waals surface area contributed by atoms with Crippen LogP contribution in [0.2, 0.25) is 0 Å². The Bertz CT molecular complexity index is 895. The van der Waals surface area contributed by atoms with Crippen LogP contribution < -0.4 is 5.32 Å². The Hall–Kier alpha value is -1.99. The minimum absolute atomic E-state index is 0.0281. The normalized spacial score (nSPS) is 31.2. The molecule has 6 nitrogen and oxygen atoms in total. The highest BCUT2D eigenvalue weighted by molar-refractivity contribution is 7.18. The number of amides is 3. The molecule has 3 fully saturated rings. The van der Waals surface area contributed by atoms with Gasteiger partial charge in [-0.25, -0.2) is 14.7 Å². The maximum absolute atomic E-state index is 13.3. The number of aromatic nitrogens is 1. The zero-order chi connectivity index (χ0) is 19.3. The minimum atomic E-state index is -0.680. The van der Waals surface area contributed by atoms with E-state index in [1.54, 1.807) is 11.3 Å². The molecule has 1 spiro atoms. The molecule has 3 aliphatic rings. The minimum Gasteiger partial charge on any atom is -0.323 e. The van der Waals surface area contributed by atoms with Crippen LogP contribution in [0.25, 0.3) is 10.2 Å². The fraction of sp³-hybridized carbons (Fsp3) is 0.571. The third-order valence-corrected chi connectivity index (χ3v) is 7.92. The van der Waals surface area contributed by atoms with Crippen molar-refractivity contribution in [3.63, 3.8) is 0 Å². The molecule has 1 aromatic carbocycles. The van der Waals surface area contributed by atoms with Gasteiger partial charge in [-0.1, -0.05) is 31.9 Å². The highest BCUT2D eigenvalue weighted by Gasteiger charge is 2.55. The standard InChI is InChI=1S/C21H26N4O2S/c1-14-7-4-5-11-21(14)19(26)25(20(27)23-21)13-24-12-6-9-16(24)18-22-15-8-2-3-10-17(15)28-18/h2-3,8,10,14,16H,4-7,9,11-13H2,1H3,(H,23,27)/t14-,16-,21-/m1/s1. The number of hydrogen-bond acceptors (Lipinski definition) is 5. The fourth-order valence-electron chi connectivity index (χ4n) is 5.11. The number of carbonyl (C=O) groups is 2. The molecule has 3 atom stereocenters. The molecule has 1 N–H and O–H groups in total. The van der Waals surface area contributed by atoms with Gasteiger partial charge in [0.2, 0.25) is 0 Å². The van der Waals surface area contributed by atoms with E-state index in [9.17, 15) is 9.59 Å². The van der Waals surface area contributed by atoms with Gasteiger partial charge in [-0.05, 0) is 43.7 Å². The molecule has 3 heterocycles. The fourth-order valence-corrected chi connectivity index (χ4v) is 6.25. The Labute approximate surface area is 168 Å². The zero-order valence-corrected chi connectivity index (χ0v) is 17.0. The topological polar surface area (TPSA) is 65.5 Å². The predicted molar refractivity (Wildman–Crippen MR) is 109 cm³/mol. The first-order chi connectivity index (χ1) is 13.6. The van der Waals surface area contributed by atoms with E-state index >= 15 is 0 Å². The van der Waals surface area contributed by atoms with E-state index in [1.165, 1.54) is 9.60 Å². The summed E-state index contributed by atoms with van der Waals surface area (Å²) in [7, 11) is 0. The van der Waals surface area contributed by atoms with E-state index < -0.39 is 5.54 Å². The summed E-state index contributed by atoms with van der Waals surface area (Å²) in [4.78, 5) is 34.5. The summed E-state index contributed by atoms with van der Waals surface area (Å²) in [6.07, 6.45) is 5.98. The van der Waals surface area contributed by atoms with Gasteiger partial charge in [-0.15, -0.1) is 11.3 Å². The Kier molecular flexibility index (Phi) is 4.39. The van der Waals surface area contributed by atoms with Crippen LogP contribution in [0, 0.1) is 5.92 Å². The Morgan fingerprint density at radius 3 is 2.89 bits per heavy atom. The Morgan fingerprint density at radius 1 is 1.21 bits per heavy atom. The summed E-state index contributed by atoms with van der Waals surface area (Å²) in [5, 5.41) is 4.16. The number of nitrogens with one attached hydrogen (secondary N) is 1. The number of rotatable bonds is 3. The molecule has 0 unspecified atom stereocenters. The van der Waals surface area contributed by atoms with E-state index in [0.717, 1.165) is 55.6 Å². The molecule has 0 radical (unpaired) electrons. The zero-order valence-electron chi connectivity index (χ0n) is 16.2. The number of likely N-dealkylation sites (tertiary alicyclic amines) is 1. The van der Waals surface area contributed by atoms with Crippen LogP contribution >= 0.6 is 11.3 Å². The molecule has 2 aromatic rings. The monoisotopic (exact) mass is 398 g/mol. The van der Waals surface area contributed by atoms with Gasteiger partial charge in [0.05, 0.1) is 22.9 Å². The molecule has 7 heteroatoms. The van der Waals surface area contributed by atoms with Crippen molar-refractivity contribution >= 4 is 33.5 Å². The van der Waals surface area contributed by atoms with Crippen molar-refractivity contribution in [2.75, 3.05) is 13.2 Å². The molecule has 0 bridgehead atoms. The second-order valence-corrected chi connectivity index (χ2v) is 9.48. The third kappa shape index (κ3) is 2.75. The lowest BCUT2D eigenvalue weighted by atomic mass is 9.73. The van der Waals surface area contributed by atoms with Gasteiger partial charge in [0.1, 0.15) is 10.5 Å². The molecular weight excluding hydrogens is 372 g/mol. The largest absolute Gasteiger partial charge is 0.326 e. The highest BCUT2D eigenvalue weighted by atomic mass is 32.1. The molecule has 1 aliphatic carbocycles. The second kappa shape index (κ2) is 6.81. The van der Waals surface area contributed by atoms with Crippen LogP contribution in [-0.4, -0.2) is 45.5 Å². The lowest BCUT2D eigenvalue weighted by Gasteiger charge is -2.37. The van der Waals surface area contributed by atoms with Gasteiger partial charge < -0.3 is 5.32 Å². The first-order valence-corrected chi connectivity index (χ1v) is 11.1. The van der Waals surface area contributed by atoms with Crippen molar-refractivity contribution in [3.05, 3.63) is 29.3 Å². The Morgan fingerprint density at radius 2 is 2.07 bits per heavy atom. The number of nitrogens with zero attached hydrogens (tertiary/aromatic N) is 3. The third-order valence-electron chi connectivity index (χ3n) is 6.78. The summed E-state index contributed by atoms with van der Waals surface area (Å²) >= 11 is 1.72. The predicted octanol–water partition coefficient (Wildman–Crippen LogP) is 3.89. The number of carbonyl (C=O) groups excluding carboxylic acids is 2. The van der Waals surface area contributed by atoms with Gasteiger partial charge in [-0.3, -0.25) is 9.69 Å². The van der Waals surface area contributed by atoms with E-state index in [1.807, 2.05) is 18.2 Å². The van der Waals surface area contributed by atoms with Crippen molar-refractivity contribution in [2.45, 2.75) is 57.0 Å². The van der Waals surface area contributed by atoms with Crippen molar-refractivity contribution in [1.82, 2.24) is 20.1 Å². The van der Waals surface area contributed by atoms with Crippen molar-refractivity contribution < 1.29 is 9.59 Å². The summed E-state index contributed by atoms with van der Waals surface area (Å²) < 4.78 is 1.19. The Balaban J connectivity index is 1.37. The van der Waals surface area contributed by atoms with E-state index in [0.29, 0.717) is 6.67 Å². The number of benzene rings is 1. The SMILES string of the molecule is C[C@@H]1CCCC[C@@]12NC(=O)N(CN1CCC[C@@H]1c1nc3ccccc3s1)C2=O. The van der Waals surface area contributed by atoms with E-state index in [2.05, 4.69) is 23.2 Å². The summed E-state index contributed by atoms with van der Waals surface area (Å²) in [6.45, 7) is 3.35. The first kappa shape index (κ1) is 18.1. The molecule has 148 valence electrons. The van der Waals surface area contributed by atoms with Gasteiger partial charge in [-0.2, -0.15) is 0 Å². The van der Waals surface area contributed by atoms with Gasteiger partial charge in [0.25, 0.3) is 5.91 Å². The second-order valence-electron chi connectivity index (χ2n) is 8.41. The number of fused-ring (bicyclic) bond motifs is 1. The summed E-state index contributed by atoms with van der Waals surface area (Å²) in [6, 6.07) is 8.14. The molecular formula is C21H26N4O2S. The number of imide groups is 1. The molecule has 2 saturated heterocycles. The summed E-state index contributed by atoms with van der Waals surface area (Å²) in [5.41, 5.74) is 0.347. The van der Waals surface area contributed by atoms with Gasteiger partial charge in [0, 0.05) is 6.54 Å². The van der Waals surface area contributed by atoms with Crippen LogP contribution in [0.15, 0.2) is 24.3 Å². The maximum Gasteiger partial charge on any atom is 0.326 e. The lowest BCUT2D eigenvalue weighted by Crippen LogP contribution is -2.54. The van der Waals surface area contributed by atoms with Crippen LogP contribution in [-0.2, 0) is 4.79 Å². The van der Waals surface area contributed by atoms with Crippen LogP contribution in [0.4, 0.5) is 4.79 Å². The maximum atomic E-state index is 13.3. The molecule has 3 amide bonds. The molecule has 1 aromatic heterocycles. The quantitative estimate of drug-likeness (QED) is 0.797. The van der Waals surface area contributed by atoms with Crippen LogP contribution in [0.1, 0.15) is 56.5 Å². The van der Waals surface area contributed by atoms with Crippen molar-refractivity contribution in [1.29, 1.82) is 0 Å². The number of urea groups is 1. The average molecular weight is 399 g/mol. The number of para-hydroxylation sites is 1. The smallest absolute Gasteiger partial charge is 0.323 e.